The zero-order valence-electron chi connectivity index (χ0n) is 14.7. The van der Waals surface area contributed by atoms with Crippen LogP contribution >= 0.6 is 15.9 Å². The lowest BCUT2D eigenvalue weighted by molar-refractivity contribution is 0.151. The second-order valence-electron chi connectivity index (χ2n) is 5.91. The number of rotatable bonds is 4. The highest BCUT2D eigenvalue weighted by atomic mass is 79.9. The molecule has 1 aromatic heterocycles. The smallest absolute Gasteiger partial charge is 0.323 e. The minimum Gasteiger partial charge on any atom is -0.382 e. The number of likely N-dealkylation sites (N-methyl/N-ethyl adjacent to an activating group) is 1. The number of anilines is 1. The third-order valence-electron chi connectivity index (χ3n) is 4.22. The van der Waals surface area contributed by atoms with Crippen LogP contribution in [0.2, 0.25) is 0 Å². The standard InChI is InChI=1S/C16H19BrFN7O2/c1-2-24-5-7-25(8-6-24)16(26)21-15-13(22-27-23-15)14(19)20-10-3-4-12(18)11(17)9-10/h3-4,9H,2,5-8H2,1H3,(H2,19,20)(H,21,23,26). The van der Waals surface area contributed by atoms with E-state index in [0.29, 0.717) is 18.8 Å². The zero-order chi connectivity index (χ0) is 19.4. The van der Waals surface area contributed by atoms with Gasteiger partial charge in [0.2, 0.25) is 5.82 Å². The van der Waals surface area contributed by atoms with Crippen molar-refractivity contribution >= 4 is 39.3 Å². The van der Waals surface area contributed by atoms with Crippen LogP contribution in [0.1, 0.15) is 12.6 Å². The van der Waals surface area contributed by atoms with Crippen molar-refractivity contribution in [3.05, 3.63) is 34.2 Å². The number of amidine groups is 1. The van der Waals surface area contributed by atoms with Gasteiger partial charge in [-0.1, -0.05) is 6.92 Å². The Kier molecular flexibility index (Phi) is 6.01. The molecule has 0 bridgehead atoms. The van der Waals surface area contributed by atoms with Gasteiger partial charge in [0.1, 0.15) is 5.82 Å². The van der Waals surface area contributed by atoms with Gasteiger partial charge < -0.3 is 15.5 Å². The van der Waals surface area contributed by atoms with E-state index >= 15 is 0 Å². The predicted octanol–water partition coefficient (Wildman–Crippen LogP) is 2.18. The molecule has 9 nitrogen and oxygen atoms in total. The van der Waals surface area contributed by atoms with Gasteiger partial charge in [-0.05, 0) is 51.0 Å². The third kappa shape index (κ3) is 4.61. The number of nitrogens with two attached hydrogens (primary N) is 1. The van der Waals surface area contributed by atoms with Gasteiger partial charge in [0.25, 0.3) is 0 Å². The molecule has 1 aliphatic heterocycles. The monoisotopic (exact) mass is 439 g/mol. The molecule has 0 atom stereocenters. The van der Waals surface area contributed by atoms with Gasteiger partial charge in [0.05, 0.1) is 10.2 Å². The SMILES string of the molecule is CCN1CCN(C(=O)Nc2nonc2C(N)=Nc2ccc(F)c(Br)c2)CC1. The second kappa shape index (κ2) is 8.44. The third-order valence-corrected chi connectivity index (χ3v) is 4.82. The maximum absolute atomic E-state index is 13.3. The fourth-order valence-electron chi connectivity index (χ4n) is 2.63. The molecule has 144 valence electrons. The van der Waals surface area contributed by atoms with Crippen LogP contribution in [0.4, 0.5) is 20.7 Å². The summed E-state index contributed by atoms with van der Waals surface area (Å²) in [7, 11) is 0. The number of halogens is 2. The van der Waals surface area contributed by atoms with Gasteiger partial charge in [0.15, 0.2) is 11.5 Å². The van der Waals surface area contributed by atoms with Crippen LogP contribution in [0.5, 0.6) is 0 Å². The van der Waals surface area contributed by atoms with E-state index in [-0.39, 0.29) is 27.9 Å². The summed E-state index contributed by atoms with van der Waals surface area (Å²) >= 11 is 3.09. The average Bonchev–Trinajstić information content (AvgIpc) is 3.13. The molecule has 2 heterocycles. The van der Waals surface area contributed by atoms with E-state index in [1.165, 1.54) is 18.2 Å². The number of aromatic nitrogens is 2. The molecular formula is C16H19BrFN7O2. The van der Waals surface area contributed by atoms with Crippen molar-refractivity contribution in [3.63, 3.8) is 0 Å². The lowest BCUT2D eigenvalue weighted by Crippen LogP contribution is -2.49. The zero-order valence-corrected chi connectivity index (χ0v) is 16.2. The molecule has 1 saturated heterocycles. The summed E-state index contributed by atoms with van der Waals surface area (Å²) in [6, 6.07) is 3.89. The van der Waals surface area contributed by atoms with Crippen LogP contribution in [0.25, 0.3) is 0 Å². The maximum Gasteiger partial charge on any atom is 0.323 e. The first-order chi connectivity index (χ1) is 13.0. The molecule has 27 heavy (non-hydrogen) atoms. The minimum atomic E-state index is -0.410. The van der Waals surface area contributed by atoms with E-state index in [1.54, 1.807) is 4.90 Å². The van der Waals surface area contributed by atoms with Crippen LogP contribution in [-0.4, -0.2) is 64.7 Å². The lowest BCUT2D eigenvalue weighted by atomic mass is 10.3. The Balaban J connectivity index is 1.70. The quantitative estimate of drug-likeness (QED) is 0.557. The highest BCUT2D eigenvalue weighted by molar-refractivity contribution is 9.10. The number of nitrogens with zero attached hydrogens (tertiary/aromatic N) is 5. The minimum absolute atomic E-state index is 0.0131. The fraction of sp³-hybridized carbons (Fsp3) is 0.375. The molecule has 11 heteroatoms. The first-order valence-corrected chi connectivity index (χ1v) is 9.17. The Morgan fingerprint density at radius 3 is 2.78 bits per heavy atom. The van der Waals surface area contributed by atoms with Crippen LogP contribution in [0, 0.1) is 5.82 Å². The Hall–Kier alpha value is -2.53. The van der Waals surface area contributed by atoms with Crippen LogP contribution < -0.4 is 11.1 Å². The molecule has 2 aromatic rings. The molecule has 0 aliphatic carbocycles. The number of hydrogen-bond donors (Lipinski definition) is 2. The summed E-state index contributed by atoms with van der Waals surface area (Å²) in [4.78, 5) is 20.6. The molecule has 2 amide bonds. The number of urea groups is 1. The molecule has 0 spiro atoms. The van der Waals surface area contributed by atoms with E-state index in [2.05, 4.69) is 48.4 Å². The molecule has 1 fully saturated rings. The summed E-state index contributed by atoms with van der Waals surface area (Å²) in [5, 5.41) is 10.0. The van der Waals surface area contributed by atoms with Crippen molar-refractivity contribution in [2.24, 2.45) is 10.7 Å². The largest absolute Gasteiger partial charge is 0.382 e. The molecule has 3 rings (SSSR count). The van der Waals surface area contributed by atoms with E-state index < -0.39 is 5.82 Å². The first-order valence-electron chi connectivity index (χ1n) is 8.38. The Morgan fingerprint density at radius 2 is 2.11 bits per heavy atom. The van der Waals surface area contributed by atoms with Crippen LogP contribution in [0.15, 0.2) is 32.3 Å². The van der Waals surface area contributed by atoms with Gasteiger partial charge in [-0.2, -0.15) is 0 Å². The Labute approximate surface area is 163 Å². The van der Waals surface area contributed by atoms with Gasteiger partial charge in [-0.25, -0.2) is 18.8 Å². The van der Waals surface area contributed by atoms with Crippen LogP contribution in [-0.2, 0) is 0 Å². The van der Waals surface area contributed by atoms with Crippen molar-refractivity contribution in [1.82, 2.24) is 20.1 Å². The molecule has 1 aromatic carbocycles. The first kappa shape index (κ1) is 19.2. The summed E-state index contributed by atoms with van der Waals surface area (Å²) in [6.45, 7) is 5.92. The van der Waals surface area contributed by atoms with Crippen molar-refractivity contribution in [2.75, 3.05) is 38.0 Å². The Morgan fingerprint density at radius 1 is 1.37 bits per heavy atom. The topological polar surface area (TPSA) is 113 Å². The number of benzene rings is 1. The fourth-order valence-corrected chi connectivity index (χ4v) is 3.00. The van der Waals surface area contributed by atoms with E-state index in [9.17, 15) is 9.18 Å². The van der Waals surface area contributed by atoms with E-state index in [4.69, 9.17) is 10.4 Å². The Bertz CT molecular complexity index is 849. The van der Waals surface area contributed by atoms with Gasteiger partial charge >= 0.3 is 6.03 Å². The van der Waals surface area contributed by atoms with Gasteiger partial charge in [-0.3, -0.25) is 5.32 Å². The molecular weight excluding hydrogens is 421 g/mol. The van der Waals surface area contributed by atoms with Crippen LogP contribution in [0.3, 0.4) is 0 Å². The summed E-state index contributed by atoms with van der Waals surface area (Å²) in [5.74, 6) is -0.340. The number of hydrogen-bond acceptors (Lipinski definition) is 6. The number of aliphatic imine (C=N–C) groups is 1. The molecule has 3 N–H and O–H groups in total. The van der Waals surface area contributed by atoms with Crippen molar-refractivity contribution in [1.29, 1.82) is 0 Å². The highest BCUT2D eigenvalue weighted by Gasteiger charge is 2.23. The normalized spacial score (nSPS) is 15.8. The van der Waals surface area contributed by atoms with E-state index in [1.807, 2.05) is 0 Å². The number of amides is 2. The number of carbonyl (C=O) groups is 1. The van der Waals surface area contributed by atoms with Crippen molar-refractivity contribution in [3.8, 4) is 0 Å². The van der Waals surface area contributed by atoms with Crippen molar-refractivity contribution < 1.29 is 13.8 Å². The molecule has 0 saturated carbocycles. The summed E-state index contributed by atoms with van der Waals surface area (Å²) in [6.07, 6.45) is 0. The molecule has 0 radical (unpaired) electrons. The van der Waals surface area contributed by atoms with Gasteiger partial charge in [0, 0.05) is 26.2 Å². The number of nitrogens with one attached hydrogen (secondary N) is 1. The predicted molar refractivity (Wildman–Crippen MR) is 101 cm³/mol. The average molecular weight is 440 g/mol. The van der Waals surface area contributed by atoms with Crippen molar-refractivity contribution in [2.45, 2.75) is 6.92 Å². The summed E-state index contributed by atoms with van der Waals surface area (Å²) < 4.78 is 18.3. The second-order valence-corrected chi connectivity index (χ2v) is 6.76. The molecule has 1 aliphatic rings. The highest BCUT2D eigenvalue weighted by Crippen LogP contribution is 2.23. The molecule has 0 unspecified atom stereocenters. The number of piperazine rings is 1. The lowest BCUT2D eigenvalue weighted by Gasteiger charge is -2.33. The number of carbonyl (C=O) groups excluding carboxylic acids is 1. The van der Waals surface area contributed by atoms with Gasteiger partial charge in [-0.15, -0.1) is 0 Å². The maximum atomic E-state index is 13.3. The summed E-state index contributed by atoms with van der Waals surface area (Å²) in [5.41, 5.74) is 6.48. The van der Waals surface area contributed by atoms with E-state index in [0.717, 1.165) is 19.6 Å².